The molecule has 1 atom stereocenters. The van der Waals surface area contributed by atoms with E-state index in [1.54, 1.807) is 25.3 Å². The van der Waals surface area contributed by atoms with E-state index >= 15 is 0 Å². The van der Waals surface area contributed by atoms with Gasteiger partial charge in [-0.2, -0.15) is 0 Å². The van der Waals surface area contributed by atoms with Crippen LogP contribution in [0.25, 0.3) is 0 Å². The van der Waals surface area contributed by atoms with Crippen LogP contribution in [0.2, 0.25) is 0 Å². The zero-order chi connectivity index (χ0) is 12.1. The summed E-state index contributed by atoms with van der Waals surface area (Å²) in [5, 5.41) is 8.69. The Morgan fingerprint density at radius 1 is 1.35 bits per heavy atom. The molecule has 0 saturated heterocycles. The molecule has 0 aliphatic rings. The van der Waals surface area contributed by atoms with Gasteiger partial charge in [-0.25, -0.2) is 0 Å². The molecular formula is C11H16ClNO4. The minimum absolute atomic E-state index is 0. The lowest BCUT2D eigenvalue weighted by molar-refractivity contribution is -0.138. The molecule has 0 radical (unpaired) electrons. The maximum absolute atomic E-state index is 10.6. The minimum Gasteiger partial charge on any atom is -0.493 e. The summed E-state index contributed by atoms with van der Waals surface area (Å²) in [4.78, 5) is 10.6. The Labute approximate surface area is 106 Å². The van der Waals surface area contributed by atoms with Crippen LogP contribution in [0.5, 0.6) is 11.5 Å². The number of methoxy groups -OCH3 is 2. The molecule has 5 nitrogen and oxygen atoms in total. The van der Waals surface area contributed by atoms with Gasteiger partial charge in [0, 0.05) is 0 Å². The van der Waals surface area contributed by atoms with Crippen molar-refractivity contribution >= 4 is 18.4 Å². The maximum atomic E-state index is 10.6. The number of hydrogen-bond donors (Lipinski definition) is 2. The van der Waals surface area contributed by atoms with E-state index in [0.29, 0.717) is 11.5 Å². The monoisotopic (exact) mass is 261 g/mol. The van der Waals surface area contributed by atoms with Gasteiger partial charge in [-0.05, 0) is 24.1 Å². The first-order valence-electron chi connectivity index (χ1n) is 4.77. The van der Waals surface area contributed by atoms with Crippen LogP contribution in [-0.4, -0.2) is 31.3 Å². The fourth-order valence-electron chi connectivity index (χ4n) is 1.35. The Morgan fingerprint density at radius 2 is 1.94 bits per heavy atom. The topological polar surface area (TPSA) is 81.8 Å². The highest BCUT2D eigenvalue weighted by atomic mass is 35.5. The summed E-state index contributed by atoms with van der Waals surface area (Å²) >= 11 is 0. The third kappa shape index (κ3) is 4.13. The van der Waals surface area contributed by atoms with Crippen molar-refractivity contribution in [3.63, 3.8) is 0 Å². The second-order valence-corrected chi connectivity index (χ2v) is 3.34. The first-order valence-corrected chi connectivity index (χ1v) is 4.77. The molecule has 6 heteroatoms. The third-order valence-electron chi connectivity index (χ3n) is 2.22. The summed E-state index contributed by atoms with van der Waals surface area (Å²) in [6, 6.07) is 4.31. The molecule has 0 aliphatic carbocycles. The summed E-state index contributed by atoms with van der Waals surface area (Å²) in [5.74, 6) is 0.155. The van der Waals surface area contributed by atoms with Gasteiger partial charge in [-0.15, -0.1) is 12.4 Å². The summed E-state index contributed by atoms with van der Waals surface area (Å²) in [5.41, 5.74) is 6.24. The lowest BCUT2D eigenvalue weighted by atomic mass is 10.1. The predicted molar refractivity (Wildman–Crippen MR) is 66.1 cm³/mol. The summed E-state index contributed by atoms with van der Waals surface area (Å²) in [7, 11) is 3.07. The minimum atomic E-state index is -1.02. The normalized spacial score (nSPS) is 11.2. The van der Waals surface area contributed by atoms with E-state index in [1.807, 2.05) is 0 Å². The van der Waals surface area contributed by atoms with Crippen molar-refractivity contribution in [3.05, 3.63) is 23.8 Å². The Balaban J connectivity index is 0.00000256. The average molecular weight is 262 g/mol. The number of aliphatic carboxylic acids is 1. The van der Waals surface area contributed by atoms with Gasteiger partial charge >= 0.3 is 5.97 Å². The number of hydrogen-bond acceptors (Lipinski definition) is 4. The van der Waals surface area contributed by atoms with E-state index in [4.69, 9.17) is 20.3 Å². The van der Waals surface area contributed by atoms with Crippen LogP contribution in [0.15, 0.2) is 18.2 Å². The highest BCUT2D eigenvalue weighted by molar-refractivity contribution is 5.85. The Kier molecular flexibility index (Phi) is 6.38. The first kappa shape index (κ1) is 15.5. The molecular weight excluding hydrogens is 246 g/mol. The summed E-state index contributed by atoms with van der Waals surface area (Å²) < 4.78 is 10.2. The highest BCUT2D eigenvalue weighted by Gasteiger charge is 2.13. The van der Waals surface area contributed by atoms with E-state index in [0.717, 1.165) is 5.56 Å². The van der Waals surface area contributed by atoms with Crippen LogP contribution >= 0.6 is 12.4 Å². The standard InChI is InChI=1S/C11H15NO4.ClH/c1-15-9-4-3-7(6-10(9)16-2)5-8(12)11(13)14;/h3-4,6,8H,5,12H2,1-2H3,(H,13,14);1H/t8-;/m1./s1. The third-order valence-corrected chi connectivity index (χ3v) is 2.22. The molecule has 0 heterocycles. The molecule has 3 N–H and O–H groups in total. The van der Waals surface area contributed by atoms with Crippen molar-refractivity contribution in [1.29, 1.82) is 0 Å². The number of carboxylic acid groups (broad SMARTS) is 1. The van der Waals surface area contributed by atoms with Gasteiger partial charge in [0.1, 0.15) is 6.04 Å². The van der Waals surface area contributed by atoms with Crippen LogP contribution in [0.1, 0.15) is 5.56 Å². The lowest BCUT2D eigenvalue weighted by Crippen LogP contribution is -2.32. The Hall–Kier alpha value is -1.46. The molecule has 0 saturated carbocycles. The van der Waals surface area contributed by atoms with Crippen LogP contribution in [0.3, 0.4) is 0 Å². The molecule has 1 aromatic carbocycles. The molecule has 1 aromatic rings. The fourth-order valence-corrected chi connectivity index (χ4v) is 1.35. The number of ether oxygens (including phenoxy) is 2. The van der Waals surface area contributed by atoms with Gasteiger partial charge in [-0.1, -0.05) is 6.07 Å². The Bertz CT molecular complexity index is 384. The van der Waals surface area contributed by atoms with Gasteiger partial charge < -0.3 is 20.3 Å². The van der Waals surface area contributed by atoms with E-state index in [9.17, 15) is 4.79 Å². The van der Waals surface area contributed by atoms with Crippen LogP contribution < -0.4 is 15.2 Å². The quantitative estimate of drug-likeness (QED) is 0.829. The molecule has 0 aliphatic heterocycles. The molecule has 0 aromatic heterocycles. The van der Waals surface area contributed by atoms with Gasteiger partial charge in [0.25, 0.3) is 0 Å². The van der Waals surface area contributed by atoms with Gasteiger partial charge in [0.05, 0.1) is 14.2 Å². The lowest BCUT2D eigenvalue weighted by Gasteiger charge is -2.11. The summed E-state index contributed by atoms with van der Waals surface area (Å²) in [6.45, 7) is 0. The van der Waals surface area contributed by atoms with Crippen molar-refractivity contribution in [3.8, 4) is 11.5 Å². The van der Waals surface area contributed by atoms with E-state index < -0.39 is 12.0 Å². The second-order valence-electron chi connectivity index (χ2n) is 3.34. The van der Waals surface area contributed by atoms with E-state index in [1.165, 1.54) is 7.11 Å². The number of carboxylic acids is 1. The summed E-state index contributed by atoms with van der Waals surface area (Å²) in [6.07, 6.45) is 0.260. The smallest absolute Gasteiger partial charge is 0.320 e. The molecule has 0 spiro atoms. The SMILES string of the molecule is COc1ccc(C[C@@H](N)C(=O)O)cc1OC.Cl. The fraction of sp³-hybridized carbons (Fsp3) is 0.364. The van der Waals surface area contributed by atoms with Crippen LogP contribution in [-0.2, 0) is 11.2 Å². The van der Waals surface area contributed by atoms with Gasteiger partial charge in [0.2, 0.25) is 0 Å². The zero-order valence-electron chi connectivity index (χ0n) is 9.67. The van der Waals surface area contributed by atoms with Crippen LogP contribution in [0, 0.1) is 0 Å². The zero-order valence-corrected chi connectivity index (χ0v) is 10.5. The molecule has 0 fully saturated rings. The largest absolute Gasteiger partial charge is 0.493 e. The highest BCUT2D eigenvalue weighted by Crippen LogP contribution is 2.27. The average Bonchev–Trinajstić information content (AvgIpc) is 2.28. The van der Waals surface area contributed by atoms with E-state index in [-0.39, 0.29) is 18.8 Å². The Morgan fingerprint density at radius 3 is 2.41 bits per heavy atom. The van der Waals surface area contributed by atoms with Gasteiger partial charge in [-0.3, -0.25) is 4.79 Å². The maximum Gasteiger partial charge on any atom is 0.320 e. The molecule has 0 amide bonds. The number of carbonyl (C=O) groups is 1. The van der Waals surface area contributed by atoms with E-state index in [2.05, 4.69) is 0 Å². The molecule has 96 valence electrons. The molecule has 0 bridgehead atoms. The number of halogens is 1. The van der Waals surface area contributed by atoms with Crippen molar-refractivity contribution in [2.45, 2.75) is 12.5 Å². The predicted octanol–water partition coefficient (Wildman–Crippen LogP) is 1.08. The van der Waals surface area contributed by atoms with Crippen LogP contribution in [0.4, 0.5) is 0 Å². The second kappa shape index (κ2) is 6.98. The number of nitrogens with two attached hydrogens (primary N) is 1. The molecule has 0 unspecified atom stereocenters. The molecule has 17 heavy (non-hydrogen) atoms. The van der Waals surface area contributed by atoms with Crippen molar-refractivity contribution in [2.75, 3.05) is 14.2 Å². The molecule has 1 rings (SSSR count). The number of rotatable bonds is 5. The van der Waals surface area contributed by atoms with Crippen molar-refractivity contribution in [2.24, 2.45) is 5.73 Å². The number of benzene rings is 1. The van der Waals surface area contributed by atoms with Gasteiger partial charge in [0.15, 0.2) is 11.5 Å². The van der Waals surface area contributed by atoms with Crippen molar-refractivity contribution < 1.29 is 19.4 Å². The first-order chi connectivity index (χ1) is 7.58. The van der Waals surface area contributed by atoms with Crippen molar-refractivity contribution in [1.82, 2.24) is 0 Å².